The topological polar surface area (TPSA) is 49.8 Å². The number of thiophene rings is 1. The fraction of sp³-hybridized carbons (Fsp3) is 0.538. The van der Waals surface area contributed by atoms with Crippen LogP contribution in [0, 0.1) is 0 Å². The number of hydrogen-bond acceptors (Lipinski definition) is 5. The third kappa shape index (κ3) is 3.53. The summed E-state index contributed by atoms with van der Waals surface area (Å²) in [6, 6.07) is 1.97. The Morgan fingerprint density at radius 1 is 1.25 bits per heavy atom. The molecule has 0 fully saturated rings. The van der Waals surface area contributed by atoms with Gasteiger partial charge in [-0.05, 0) is 18.9 Å². The van der Waals surface area contributed by atoms with Gasteiger partial charge in [-0.3, -0.25) is 0 Å². The third-order valence-electron chi connectivity index (χ3n) is 2.75. The van der Waals surface area contributed by atoms with Gasteiger partial charge in [-0.2, -0.15) is 4.98 Å². The van der Waals surface area contributed by atoms with Crippen LogP contribution in [0.3, 0.4) is 0 Å². The van der Waals surface area contributed by atoms with Crippen molar-refractivity contribution < 1.29 is 8.78 Å². The Morgan fingerprint density at radius 2 is 2.05 bits per heavy atom. The van der Waals surface area contributed by atoms with Crippen molar-refractivity contribution in [1.82, 2.24) is 9.97 Å². The van der Waals surface area contributed by atoms with Crippen molar-refractivity contribution in [3.05, 3.63) is 10.9 Å². The summed E-state index contributed by atoms with van der Waals surface area (Å²) < 4.78 is 24.8. The second-order valence-electron chi connectivity index (χ2n) is 4.38. The highest BCUT2D eigenvalue weighted by Crippen LogP contribution is 2.30. The Bertz CT molecular complexity index is 571. The highest BCUT2D eigenvalue weighted by molar-refractivity contribution is 7.18. The van der Waals surface area contributed by atoms with Crippen LogP contribution >= 0.6 is 11.3 Å². The first kappa shape index (κ1) is 14.9. The lowest BCUT2D eigenvalue weighted by Gasteiger charge is -2.09. The molecular formula is C13H18F2N4S. The van der Waals surface area contributed by atoms with Gasteiger partial charge in [0.2, 0.25) is 5.95 Å². The molecule has 0 spiro atoms. The Hall–Kier alpha value is -1.50. The highest BCUT2D eigenvalue weighted by Gasteiger charge is 2.12. The summed E-state index contributed by atoms with van der Waals surface area (Å²) in [5, 5.41) is 6.62. The lowest BCUT2D eigenvalue weighted by Crippen LogP contribution is -2.13. The minimum Gasteiger partial charge on any atom is -0.364 e. The molecule has 0 aliphatic heterocycles. The molecule has 0 unspecified atom stereocenters. The van der Waals surface area contributed by atoms with Gasteiger partial charge in [-0.15, -0.1) is 11.3 Å². The van der Waals surface area contributed by atoms with E-state index in [1.807, 2.05) is 13.0 Å². The fourth-order valence-electron chi connectivity index (χ4n) is 1.77. The van der Waals surface area contributed by atoms with Crippen LogP contribution in [-0.2, 0) is 6.42 Å². The summed E-state index contributed by atoms with van der Waals surface area (Å²) in [4.78, 5) is 10.7. The molecule has 0 aliphatic carbocycles. The van der Waals surface area contributed by atoms with Gasteiger partial charge in [0.25, 0.3) is 6.43 Å². The van der Waals surface area contributed by atoms with Crippen molar-refractivity contribution in [3.63, 3.8) is 0 Å². The lowest BCUT2D eigenvalue weighted by molar-refractivity contribution is 0.163. The molecule has 0 radical (unpaired) electrons. The molecular weight excluding hydrogens is 282 g/mol. The number of aromatic nitrogens is 2. The molecule has 0 atom stereocenters. The number of fused-ring (bicyclic) bond motifs is 1. The minimum atomic E-state index is -2.41. The maximum absolute atomic E-state index is 12.4. The zero-order valence-electron chi connectivity index (χ0n) is 11.5. The fourth-order valence-corrected chi connectivity index (χ4v) is 2.74. The Kier molecular flexibility index (Phi) is 5.05. The molecule has 2 heterocycles. The molecule has 2 N–H and O–H groups in total. The van der Waals surface area contributed by atoms with Gasteiger partial charge in [-0.1, -0.05) is 13.8 Å². The first-order chi connectivity index (χ1) is 9.63. The van der Waals surface area contributed by atoms with Crippen molar-refractivity contribution in [2.45, 2.75) is 33.1 Å². The van der Waals surface area contributed by atoms with Crippen molar-refractivity contribution in [2.75, 3.05) is 23.7 Å². The average Bonchev–Trinajstić information content (AvgIpc) is 2.85. The van der Waals surface area contributed by atoms with Gasteiger partial charge >= 0.3 is 0 Å². The molecule has 110 valence electrons. The smallest absolute Gasteiger partial charge is 0.255 e. The van der Waals surface area contributed by atoms with Gasteiger partial charge in [0, 0.05) is 11.4 Å². The van der Waals surface area contributed by atoms with Crippen molar-refractivity contribution in [3.8, 4) is 0 Å². The molecule has 2 aromatic heterocycles. The van der Waals surface area contributed by atoms with E-state index in [1.54, 1.807) is 11.3 Å². The van der Waals surface area contributed by atoms with Crippen molar-refractivity contribution >= 4 is 33.3 Å². The van der Waals surface area contributed by atoms with Crippen molar-refractivity contribution in [2.24, 2.45) is 0 Å². The van der Waals surface area contributed by atoms with Crippen LogP contribution in [0.15, 0.2) is 6.07 Å². The highest BCUT2D eigenvalue weighted by atomic mass is 32.1. The molecule has 7 heteroatoms. The number of nitrogens with one attached hydrogen (secondary N) is 2. The molecule has 2 rings (SSSR count). The molecule has 0 saturated carbocycles. The molecule has 0 amide bonds. The van der Waals surface area contributed by atoms with Crippen LogP contribution in [0.25, 0.3) is 10.2 Å². The Morgan fingerprint density at radius 3 is 2.70 bits per heavy atom. The molecule has 0 saturated heterocycles. The van der Waals surface area contributed by atoms with E-state index in [2.05, 4.69) is 27.5 Å². The van der Waals surface area contributed by atoms with E-state index in [9.17, 15) is 8.78 Å². The number of aryl methyl sites for hydroxylation is 1. The normalized spacial score (nSPS) is 11.2. The number of halogens is 2. The van der Waals surface area contributed by atoms with E-state index < -0.39 is 13.0 Å². The Labute approximate surface area is 120 Å². The monoisotopic (exact) mass is 300 g/mol. The maximum Gasteiger partial charge on any atom is 0.255 e. The molecule has 20 heavy (non-hydrogen) atoms. The van der Waals surface area contributed by atoms with Gasteiger partial charge in [-0.25, -0.2) is 13.8 Å². The largest absolute Gasteiger partial charge is 0.364 e. The molecule has 0 aliphatic rings. The quantitative estimate of drug-likeness (QED) is 0.817. The summed E-state index contributed by atoms with van der Waals surface area (Å²) in [7, 11) is 0. The lowest BCUT2D eigenvalue weighted by atomic mass is 10.3. The van der Waals surface area contributed by atoms with Gasteiger partial charge in [0.05, 0.1) is 11.9 Å². The Balaban J connectivity index is 2.35. The number of rotatable bonds is 7. The summed E-state index contributed by atoms with van der Waals surface area (Å²) in [5.74, 6) is 0.963. The zero-order chi connectivity index (χ0) is 14.5. The van der Waals surface area contributed by atoms with Gasteiger partial charge in [0.1, 0.15) is 10.6 Å². The summed E-state index contributed by atoms with van der Waals surface area (Å²) in [5.41, 5.74) is 0. The summed E-state index contributed by atoms with van der Waals surface area (Å²) in [6.45, 7) is 4.45. The summed E-state index contributed by atoms with van der Waals surface area (Å²) in [6.07, 6.45) is -0.560. The van der Waals surface area contributed by atoms with E-state index in [0.717, 1.165) is 29.6 Å². The standard InChI is InChI=1S/C13H18F2N4S/c1-3-5-16-13-18-11(17-7-10(14)15)9-6-8(4-2)20-12(9)19-13/h6,10H,3-5,7H2,1-2H3,(H2,16,17,18,19). The predicted molar refractivity (Wildman–Crippen MR) is 80.1 cm³/mol. The first-order valence-electron chi connectivity index (χ1n) is 6.70. The number of alkyl halides is 2. The molecule has 0 aromatic carbocycles. The van der Waals surface area contributed by atoms with E-state index in [-0.39, 0.29) is 0 Å². The molecule has 4 nitrogen and oxygen atoms in total. The maximum atomic E-state index is 12.4. The average molecular weight is 300 g/mol. The van der Waals surface area contributed by atoms with E-state index in [0.29, 0.717) is 11.8 Å². The molecule has 2 aromatic rings. The number of anilines is 2. The predicted octanol–water partition coefficient (Wildman–Crippen LogP) is 3.75. The van der Waals surface area contributed by atoms with E-state index in [1.165, 1.54) is 4.88 Å². The van der Waals surface area contributed by atoms with Crippen LogP contribution in [0.2, 0.25) is 0 Å². The second-order valence-corrected chi connectivity index (χ2v) is 5.49. The summed E-state index contributed by atoms with van der Waals surface area (Å²) >= 11 is 1.57. The number of nitrogens with zero attached hydrogens (tertiary/aromatic N) is 2. The van der Waals surface area contributed by atoms with Crippen LogP contribution in [-0.4, -0.2) is 29.5 Å². The van der Waals surface area contributed by atoms with E-state index in [4.69, 9.17) is 0 Å². The SMILES string of the molecule is CCCNc1nc(NCC(F)F)c2cc(CC)sc2n1. The second kappa shape index (κ2) is 6.78. The third-order valence-corrected chi connectivity index (χ3v) is 3.92. The number of hydrogen-bond donors (Lipinski definition) is 2. The first-order valence-corrected chi connectivity index (χ1v) is 7.52. The van der Waals surface area contributed by atoms with Crippen LogP contribution in [0.1, 0.15) is 25.1 Å². The van der Waals surface area contributed by atoms with Gasteiger partial charge in [0.15, 0.2) is 0 Å². The zero-order valence-corrected chi connectivity index (χ0v) is 12.4. The van der Waals surface area contributed by atoms with Crippen molar-refractivity contribution in [1.29, 1.82) is 0 Å². The van der Waals surface area contributed by atoms with Gasteiger partial charge < -0.3 is 10.6 Å². The van der Waals surface area contributed by atoms with Crippen LogP contribution < -0.4 is 10.6 Å². The van der Waals surface area contributed by atoms with Crippen LogP contribution in [0.5, 0.6) is 0 Å². The minimum absolute atomic E-state index is 0.406. The van der Waals surface area contributed by atoms with E-state index >= 15 is 0 Å². The van der Waals surface area contributed by atoms with Crippen LogP contribution in [0.4, 0.5) is 20.5 Å². The molecule has 0 bridgehead atoms.